The van der Waals surface area contributed by atoms with Crippen molar-refractivity contribution in [2.45, 2.75) is 50.9 Å². The summed E-state index contributed by atoms with van der Waals surface area (Å²) in [5.74, 6) is 7.52. The number of nitrogen functional groups attached to an aromatic ring is 1. The van der Waals surface area contributed by atoms with E-state index in [2.05, 4.69) is 41.6 Å². The number of nitrogens with zero attached hydrogens (tertiary/aromatic N) is 2. The summed E-state index contributed by atoms with van der Waals surface area (Å²) < 4.78 is 0. The number of anilines is 1. The van der Waals surface area contributed by atoms with Crippen LogP contribution in [0.3, 0.4) is 0 Å². The third kappa shape index (κ3) is 1.87. The zero-order chi connectivity index (χ0) is 15.2. The van der Waals surface area contributed by atoms with Crippen LogP contribution in [-0.4, -0.2) is 9.97 Å². The number of nitrogens with one attached hydrogen (secondary N) is 1. The van der Waals surface area contributed by atoms with Crippen LogP contribution in [0, 0.1) is 0 Å². The predicted octanol–water partition coefficient (Wildman–Crippen LogP) is 3.36. The smallest absolute Gasteiger partial charge is 0.148 e. The molecule has 1 aromatic heterocycles. The molecule has 1 aromatic carbocycles. The van der Waals surface area contributed by atoms with Gasteiger partial charge in [0.05, 0.1) is 5.69 Å². The van der Waals surface area contributed by atoms with E-state index in [-0.39, 0.29) is 5.41 Å². The van der Waals surface area contributed by atoms with Gasteiger partial charge >= 0.3 is 0 Å². The molecule has 4 heteroatoms. The number of nitrogens with two attached hydrogens (primary N) is 1. The molecule has 0 radical (unpaired) electrons. The molecule has 1 fully saturated rings. The Hall–Kier alpha value is -1.94. The van der Waals surface area contributed by atoms with Crippen molar-refractivity contribution >= 4 is 5.82 Å². The second kappa shape index (κ2) is 5.06. The van der Waals surface area contributed by atoms with Gasteiger partial charge in [-0.1, -0.05) is 44.0 Å². The van der Waals surface area contributed by atoms with E-state index in [1.54, 1.807) is 0 Å². The monoisotopic (exact) mass is 294 g/mol. The van der Waals surface area contributed by atoms with Crippen molar-refractivity contribution in [2.75, 3.05) is 5.43 Å². The SMILES string of the molecule is CCc1nc(NN)c2c(n1)-c1ccccc1CC21CCCC1. The predicted molar refractivity (Wildman–Crippen MR) is 88.5 cm³/mol. The van der Waals surface area contributed by atoms with E-state index in [1.807, 2.05) is 0 Å². The van der Waals surface area contributed by atoms with Crippen LogP contribution < -0.4 is 11.3 Å². The lowest BCUT2D eigenvalue weighted by Gasteiger charge is -2.37. The number of fused-ring (bicyclic) bond motifs is 4. The normalized spacial score (nSPS) is 18.1. The van der Waals surface area contributed by atoms with E-state index in [9.17, 15) is 0 Å². The van der Waals surface area contributed by atoms with Crippen LogP contribution in [0.5, 0.6) is 0 Å². The zero-order valence-electron chi connectivity index (χ0n) is 13.0. The molecule has 1 heterocycles. The highest BCUT2D eigenvalue weighted by Gasteiger charge is 2.44. The Bertz CT molecular complexity index is 717. The molecular formula is C18H22N4. The van der Waals surface area contributed by atoms with E-state index in [0.29, 0.717) is 0 Å². The fourth-order valence-electron chi connectivity index (χ4n) is 4.30. The summed E-state index contributed by atoms with van der Waals surface area (Å²) in [7, 11) is 0. The maximum absolute atomic E-state index is 5.83. The van der Waals surface area contributed by atoms with Crippen molar-refractivity contribution in [3.63, 3.8) is 0 Å². The quantitative estimate of drug-likeness (QED) is 0.658. The molecule has 3 N–H and O–H groups in total. The summed E-state index contributed by atoms with van der Waals surface area (Å²) in [4.78, 5) is 9.56. The Morgan fingerprint density at radius 3 is 2.68 bits per heavy atom. The third-order valence-corrected chi connectivity index (χ3v) is 5.30. The van der Waals surface area contributed by atoms with Gasteiger partial charge in [0.25, 0.3) is 0 Å². The summed E-state index contributed by atoms with van der Waals surface area (Å²) in [6, 6.07) is 8.67. The van der Waals surface area contributed by atoms with Gasteiger partial charge in [0, 0.05) is 23.0 Å². The highest BCUT2D eigenvalue weighted by molar-refractivity contribution is 5.76. The number of hydrogen-bond donors (Lipinski definition) is 2. The molecule has 0 amide bonds. The van der Waals surface area contributed by atoms with Gasteiger partial charge in [-0.2, -0.15) is 0 Å². The van der Waals surface area contributed by atoms with Crippen LogP contribution in [0.25, 0.3) is 11.3 Å². The van der Waals surface area contributed by atoms with Gasteiger partial charge in [-0.3, -0.25) is 0 Å². The summed E-state index contributed by atoms with van der Waals surface area (Å²) in [5, 5.41) is 0. The molecule has 2 aromatic rings. The maximum atomic E-state index is 5.83. The van der Waals surface area contributed by atoms with Crippen LogP contribution in [0.4, 0.5) is 5.82 Å². The second-order valence-electron chi connectivity index (χ2n) is 6.53. The van der Waals surface area contributed by atoms with Gasteiger partial charge < -0.3 is 5.43 Å². The second-order valence-corrected chi connectivity index (χ2v) is 6.53. The number of aryl methyl sites for hydroxylation is 1. The molecule has 2 aliphatic rings. The molecule has 22 heavy (non-hydrogen) atoms. The van der Waals surface area contributed by atoms with Crippen molar-refractivity contribution in [2.24, 2.45) is 5.84 Å². The van der Waals surface area contributed by atoms with Crippen molar-refractivity contribution in [1.29, 1.82) is 0 Å². The van der Waals surface area contributed by atoms with Crippen molar-refractivity contribution in [1.82, 2.24) is 9.97 Å². The molecular weight excluding hydrogens is 272 g/mol. The van der Waals surface area contributed by atoms with E-state index in [4.69, 9.17) is 10.8 Å². The van der Waals surface area contributed by atoms with Gasteiger partial charge in [-0.15, -0.1) is 0 Å². The lowest BCUT2D eigenvalue weighted by atomic mass is 9.68. The minimum absolute atomic E-state index is 0.164. The van der Waals surface area contributed by atoms with Crippen LogP contribution in [0.1, 0.15) is 49.6 Å². The molecule has 1 spiro atoms. The Labute approximate surface area is 131 Å². The highest BCUT2D eigenvalue weighted by atomic mass is 15.3. The first-order chi connectivity index (χ1) is 10.8. The molecule has 0 saturated heterocycles. The van der Waals surface area contributed by atoms with Gasteiger partial charge in [0.2, 0.25) is 0 Å². The Balaban J connectivity index is 2.04. The van der Waals surface area contributed by atoms with Gasteiger partial charge in [0.1, 0.15) is 11.6 Å². The average Bonchev–Trinajstić information content (AvgIpc) is 3.02. The van der Waals surface area contributed by atoms with E-state index < -0.39 is 0 Å². The highest BCUT2D eigenvalue weighted by Crippen LogP contribution is 2.52. The van der Waals surface area contributed by atoms with E-state index in [1.165, 1.54) is 42.4 Å². The molecule has 2 aliphatic carbocycles. The van der Waals surface area contributed by atoms with Crippen LogP contribution in [0.15, 0.2) is 24.3 Å². The molecule has 0 bridgehead atoms. The average molecular weight is 294 g/mol. The first-order valence-electron chi connectivity index (χ1n) is 8.24. The summed E-state index contributed by atoms with van der Waals surface area (Å²) in [5.41, 5.74) is 8.05. The molecule has 0 unspecified atom stereocenters. The lowest BCUT2D eigenvalue weighted by molar-refractivity contribution is 0.431. The van der Waals surface area contributed by atoms with Crippen molar-refractivity contribution in [3.05, 3.63) is 41.2 Å². The minimum Gasteiger partial charge on any atom is -0.308 e. The van der Waals surface area contributed by atoms with Crippen LogP contribution in [-0.2, 0) is 18.3 Å². The maximum Gasteiger partial charge on any atom is 0.148 e. The Morgan fingerprint density at radius 1 is 1.18 bits per heavy atom. The number of hydrogen-bond acceptors (Lipinski definition) is 4. The molecule has 1 saturated carbocycles. The van der Waals surface area contributed by atoms with Crippen molar-refractivity contribution < 1.29 is 0 Å². The number of hydrazine groups is 1. The summed E-state index contributed by atoms with van der Waals surface area (Å²) >= 11 is 0. The van der Waals surface area contributed by atoms with Gasteiger partial charge in [-0.25, -0.2) is 15.8 Å². The van der Waals surface area contributed by atoms with E-state index in [0.717, 1.165) is 30.2 Å². The zero-order valence-corrected chi connectivity index (χ0v) is 13.0. The van der Waals surface area contributed by atoms with Crippen molar-refractivity contribution in [3.8, 4) is 11.3 Å². The molecule has 0 atom stereocenters. The largest absolute Gasteiger partial charge is 0.308 e. The number of aromatic nitrogens is 2. The Morgan fingerprint density at radius 2 is 1.95 bits per heavy atom. The molecule has 0 aliphatic heterocycles. The fraction of sp³-hybridized carbons (Fsp3) is 0.444. The molecule has 114 valence electrons. The topological polar surface area (TPSA) is 63.8 Å². The van der Waals surface area contributed by atoms with Gasteiger partial charge in [-0.05, 0) is 24.8 Å². The van der Waals surface area contributed by atoms with E-state index >= 15 is 0 Å². The summed E-state index contributed by atoms with van der Waals surface area (Å²) in [6.45, 7) is 2.09. The fourth-order valence-corrected chi connectivity index (χ4v) is 4.30. The Kier molecular flexibility index (Phi) is 3.15. The molecule has 4 rings (SSSR count). The standard InChI is InChI=1S/C18H22N4/c1-2-14-20-16-13-8-4-3-7-12(13)11-18(9-5-6-10-18)15(16)17(21-14)22-19/h3-4,7-8H,2,5-6,9-11,19H2,1H3,(H,20,21,22). The third-order valence-electron chi connectivity index (χ3n) is 5.30. The van der Waals surface area contributed by atoms with Gasteiger partial charge in [0.15, 0.2) is 0 Å². The number of benzene rings is 1. The van der Waals surface area contributed by atoms with Crippen LogP contribution >= 0.6 is 0 Å². The number of rotatable bonds is 2. The molecule has 4 nitrogen and oxygen atoms in total. The van der Waals surface area contributed by atoms with Crippen LogP contribution in [0.2, 0.25) is 0 Å². The lowest BCUT2D eigenvalue weighted by Crippen LogP contribution is -2.33. The minimum atomic E-state index is 0.164. The summed E-state index contributed by atoms with van der Waals surface area (Å²) in [6.07, 6.45) is 6.87. The first-order valence-corrected chi connectivity index (χ1v) is 8.24. The first kappa shape index (κ1) is 13.7.